The lowest BCUT2D eigenvalue weighted by Gasteiger charge is -2.08. The van der Waals surface area contributed by atoms with Gasteiger partial charge in [-0.05, 0) is 0 Å². The van der Waals surface area contributed by atoms with Gasteiger partial charge in [0, 0.05) is 17.7 Å². The number of nitrogens with zero attached hydrogens (tertiary/aromatic N) is 4. The number of amides is 3. The van der Waals surface area contributed by atoms with E-state index in [2.05, 4.69) is 10.1 Å². The molecule has 0 bridgehead atoms. The number of hydrogen-bond donors (Lipinski definition) is 2. The average molecular weight is 372 g/mol. The van der Waals surface area contributed by atoms with Crippen LogP contribution in [0.2, 0.25) is 0 Å². The molecule has 138 valence electrons. The van der Waals surface area contributed by atoms with Crippen molar-refractivity contribution in [2.45, 2.75) is 12.7 Å². The first kappa shape index (κ1) is 18.8. The van der Waals surface area contributed by atoms with Crippen LogP contribution < -0.4 is 10.6 Å². The van der Waals surface area contributed by atoms with Gasteiger partial charge in [-0.2, -0.15) is 18.3 Å². The minimum Gasteiger partial charge on any atom is -0.329 e. The highest BCUT2D eigenvalue weighted by molar-refractivity contribution is 5.94. The third kappa shape index (κ3) is 5.54. The Morgan fingerprint density at radius 2 is 2.04 bits per heavy atom. The predicted molar refractivity (Wildman–Crippen MR) is 79.7 cm³/mol. The second kappa shape index (κ2) is 7.58. The zero-order valence-electron chi connectivity index (χ0n) is 12.9. The van der Waals surface area contributed by atoms with Gasteiger partial charge in [0.15, 0.2) is 5.82 Å². The van der Waals surface area contributed by atoms with E-state index in [4.69, 9.17) is 0 Å². The molecule has 0 radical (unpaired) electrons. The van der Waals surface area contributed by atoms with E-state index < -0.39 is 36.1 Å². The number of hydrogen-bond acceptors (Lipinski definition) is 6. The highest BCUT2D eigenvalue weighted by atomic mass is 19.4. The van der Waals surface area contributed by atoms with E-state index in [1.165, 1.54) is 29.6 Å². The summed E-state index contributed by atoms with van der Waals surface area (Å²) in [4.78, 5) is 36.8. The highest BCUT2D eigenvalue weighted by Crippen LogP contribution is 2.20. The molecule has 2 N–H and O–H groups in total. The normalized spacial score (nSPS) is 11.0. The molecule has 1 aromatic heterocycles. The summed E-state index contributed by atoms with van der Waals surface area (Å²) in [5.41, 5.74) is 0.166. The van der Waals surface area contributed by atoms with Crippen LogP contribution in [-0.2, 0) is 11.3 Å². The molecule has 0 aliphatic heterocycles. The Morgan fingerprint density at radius 3 is 2.69 bits per heavy atom. The van der Waals surface area contributed by atoms with Gasteiger partial charge in [0.25, 0.3) is 5.69 Å². The van der Waals surface area contributed by atoms with Gasteiger partial charge in [-0.15, -0.1) is 0 Å². The van der Waals surface area contributed by atoms with Crippen molar-refractivity contribution in [3.8, 4) is 11.4 Å². The van der Waals surface area contributed by atoms with Gasteiger partial charge in [0.05, 0.1) is 4.92 Å². The Morgan fingerprint density at radius 1 is 1.31 bits per heavy atom. The number of urea groups is 1. The molecule has 0 fully saturated rings. The van der Waals surface area contributed by atoms with Crippen LogP contribution in [0.5, 0.6) is 0 Å². The molecule has 0 saturated carbocycles. The summed E-state index contributed by atoms with van der Waals surface area (Å²) in [7, 11) is 0. The Hall–Kier alpha value is -3.51. The summed E-state index contributed by atoms with van der Waals surface area (Å²) in [6, 6.07) is 4.19. The summed E-state index contributed by atoms with van der Waals surface area (Å²) in [6.07, 6.45) is -3.46. The number of carbonyl (C=O) groups excluding carboxylic acids is 2. The predicted octanol–water partition coefficient (Wildman–Crippen LogP) is 1.24. The minimum atomic E-state index is -4.60. The van der Waals surface area contributed by atoms with Crippen LogP contribution in [0.4, 0.5) is 23.7 Å². The van der Waals surface area contributed by atoms with Crippen LogP contribution in [0.25, 0.3) is 11.4 Å². The van der Waals surface area contributed by atoms with Crippen molar-refractivity contribution in [3.63, 3.8) is 0 Å². The van der Waals surface area contributed by atoms with Crippen molar-refractivity contribution in [2.24, 2.45) is 0 Å². The van der Waals surface area contributed by atoms with Crippen LogP contribution in [0.1, 0.15) is 0 Å². The number of nitrogens with one attached hydrogen (secondary N) is 2. The number of benzene rings is 1. The topological polar surface area (TPSA) is 132 Å². The first-order valence-corrected chi connectivity index (χ1v) is 6.93. The maximum Gasteiger partial charge on any atom is 0.405 e. The van der Waals surface area contributed by atoms with Crippen LogP contribution in [0.3, 0.4) is 0 Å². The molecule has 0 spiro atoms. The number of carbonyl (C=O) groups is 2. The summed E-state index contributed by atoms with van der Waals surface area (Å²) < 4.78 is 36.9. The molecular weight excluding hydrogens is 361 g/mol. The molecule has 0 atom stereocenters. The standard InChI is InChI=1S/C13H11F3N6O4/c14-13(15,16)6-17-12(24)19-10(23)5-21-7-18-11(20-21)8-2-1-3-9(4-8)22(25)26/h1-4,7H,5-6H2,(H2,17,19,23,24). The number of nitro groups is 1. The fourth-order valence-corrected chi connectivity index (χ4v) is 1.80. The van der Waals surface area contributed by atoms with Gasteiger partial charge in [0.2, 0.25) is 5.91 Å². The van der Waals surface area contributed by atoms with Crippen molar-refractivity contribution in [3.05, 3.63) is 40.7 Å². The molecule has 2 aromatic rings. The Kier molecular flexibility index (Phi) is 5.49. The molecule has 10 nitrogen and oxygen atoms in total. The van der Waals surface area contributed by atoms with Crippen molar-refractivity contribution >= 4 is 17.6 Å². The molecule has 26 heavy (non-hydrogen) atoms. The molecule has 2 rings (SSSR count). The van der Waals surface area contributed by atoms with Gasteiger partial charge >= 0.3 is 12.2 Å². The molecule has 0 aliphatic carbocycles. The fourth-order valence-electron chi connectivity index (χ4n) is 1.80. The highest BCUT2D eigenvalue weighted by Gasteiger charge is 2.28. The third-order valence-electron chi connectivity index (χ3n) is 2.86. The zero-order valence-corrected chi connectivity index (χ0v) is 12.9. The van der Waals surface area contributed by atoms with E-state index in [9.17, 15) is 32.9 Å². The Labute approximate surface area is 143 Å². The third-order valence-corrected chi connectivity index (χ3v) is 2.86. The van der Waals surface area contributed by atoms with Crippen LogP contribution in [-0.4, -0.2) is 44.3 Å². The second-order valence-electron chi connectivity index (χ2n) is 4.92. The molecule has 1 aromatic carbocycles. The number of aromatic nitrogens is 3. The van der Waals surface area contributed by atoms with Crippen molar-refractivity contribution < 1.29 is 27.7 Å². The molecule has 0 aliphatic rings. The molecule has 3 amide bonds. The fraction of sp³-hybridized carbons (Fsp3) is 0.231. The van der Waals surface area contributed by atoms with Gasteiger partial charge in [-0.3, -0.25) is 20.2 Å². The maximum absolute atomic E-state index is 12.0. The van der Waals surface area contributed by atoms with E-state index >= 15 is 0 Å². The van der Waals surface area contributed by atoms with Gasteiger partial charge < -0.3 is 5.32 Å². The van der Waals surface area contributed by atoms with Gasteiger partial charge in [-0.25, -0.2) is 14.5 Å². The van der Waals surface area contributed by atoms with E-state index in [0.29, 0.717) is 5.56 Å². The van der Waals surface area contributed by atoms with E-state index in [-0.39, 0.29) is 11.5 Å². The number of nitro benzene ring substituents is 1. The zero-order chi connectivity index (χ0) is 19.3. The number of rotatable bonds is 5. The molecule has 13 heteroatoms. The largest absolute Gasteiger partial charge is 0.405 e. The number of alkyl halides is 3. The van der Waals surface area contributed by atoms with Crippen molar-refractivity contribution in [2.75, 3.05) is 6.54 Å². The summed E-state index contributed by atoms with van der Waals surface area (Å²) >= 11 is 0. The lowest BCUT2D eigenvalue weighted by molar-refractivity contribution is -0.384. The van der Waals surface area contributed by atoms with Crippen molar-refractivity contribution in [1.82, 2.24) is 25.4 Å². The van der Waals surface area contributed by atoms with E-state index in [1.54, 1.807) is 5.32 Å². The number of halogens is 3. The molecule has 0 saturated heterocycles. The lowest BCUT2D eigenvalue weighted by Crippen LogP contribution is -2.44. The lowest BCUT2D eigenvalue weighted by atomic mass is 10.2. The quantitative estimate of drug-likeness (QED) is 0.599. The van der Waals surface area contributed by atoms with Crippen LogP contribution in [0.15, 0.2) is 30.6 Å². The number of imide groups is 1. The van der Waals surface area contributed by atoms with Crippen LogP contribution in [0, 0.1) is 10.1 Å². The minimum absolute atomic E-state index is 0.100. The summed E-state index contributed by atoms with van der Waals surface area (Å²) in [5.74, 6) is -0.816. The van der Waals surface area contributed by atoms with Gasteiger partial charge in [0.1, 0.15) is 19.4 Å². The smallest absolute Gasteiger partial charge is 0.329 e. The monoisotopic (exact) mass is 372 g/mol. The second-order valence-corrected chi connectivity index (χ2v) is 4.92. The van der Waals surface area contributed by atoms with E-state index in [0.717, 1.165) is 11.0 Å². The molecule has 1 heterocycles. The van der Waals surface area contributed by atoms with Crippen LogP contribution >= 0.6 is 0 Å². The van der Waals surface area contributed by atoms with E-state index in [1.807, 2.05) is 0 Å². The average Bonchev–Trinajstić information content (AvgIpc) is 3.00. The Balaban J connectivity index is 1.95. The maximum atomic E-state index is 12.0. The summed E-state index contributed by atoms with van der Waals surface area (Å²) in [5, 5.41) is 17.9. The molecular formula is C13H11F3N6O4. The first-order valence-electron chi connectivity index (χ1n) is 6.93. The Bertz CT molecular complexity index is 835. The number of non-ortho nitro benzene ring substituents is 1. The SMILES string of the molecule is O=C(Cn1cnc(-c2cccc([N+](=O)[O-])c2)n1)NC(=O)NCC(F)(F)F. The first-order chi connectivity index (χ1) is 12.1. The van der Waals surface area contributed by atoms with Gasteiger partial charge in [-0.1, -0.05) is 12.1 Å². The van der Waals surface area contributed by atoms with Crippen molar-refractivity contribution in [1.29, 1.82) is 0 Å². The summed E-state index contributed by atoms with van der Waals surface area (Å²) in [6.45, 7) is -2.06. The molecule has 0 unspecified atom stereocenters.